The maximum absolute atomic E-state index is 12.7. The fourth-order valence-corrected chi connectivity index (χ4v) is 2.33. The van der Waals surface area contributed by atoms with Crippen LogP contribution < -0.4 is 15.0 Å². The molecule has 0 bridgehead atoms. The SMILES string of the molecule is CNC(=O)CN1C(=O)c2cccnc2Oc2ccc(Cl)cc21. The van der Waals surface area contributed by atoms with Gasteiger partial charge in [-0.05, 0) is 30.3 Å². The van der Waals surface area contributed by atoms with Gasteiger partial charge in [0.2, 0.25) is 11.8 Å². The second-order valence-corrected chi connectivity index (χ2v) is 5.07. The van der Waals surface area contributed by atoms with Crippen molar-refractivity contribution in [1.29, 1.82) is 0 Å². The van der Waals surface area contributed by atoms with Crippen LogP contribution in [0.3, 0.4) is 0 Å². The smallest absolute Gasteiger partial charge is 0.264 e. The minimum absolute atomic E-state index is 0.139. The molecule has 1 aliphatic rings. The standard InChI is InChI=1S/C15H12ClN3O3/c1-17-13(20)8-19-11-7-9(16)4-5-12(11)22-14-10(15(19)21)3-2-6-18-14/h2-7H,8H2,1H3,(H,17,20). The van der Waals surface area contributed by atoms with Crippen molar-refractivity contribution in [2.75, 3.05) is 18.5 Å². The number of hydrogen-bond donors (Lipinski definition) is 1. The van der Waals surface area contributed by atoms with E-state index >= 15 is 0 Å². The van der Waals surface area contributed by atoms with Crippen LogP contribution in [0.1, 0.15) is 10.4 Å². The van der Waals surface area contributed by atoms with E-state index in [2.05, 4.69) is 10.3 Å². The van der Waals surface area contributed by atoms with Crippen LogP contribution in [0.15, 0.2) is 36.5 Å². The van der Waals surface area contributed by atoms with E-state index in [0.717, 1.165) is 0 Å². The van der Waals surface area contributed by atoms with Crippen LogP contribution in [-0.2, 0) is 4.79 Å². The lowest BCUT2D eigenvalue weighted by Crippen LogP contribution is -2.39. The van der Waals surface area contributed by atoms with E-state index in [-0.39, 0.29) is 24.2 Å². The molecule has 0 saturated carbocycles. The number of nitrogens with zero attached hydrogens (tertiary/aromatic N) is 2. The Balaban J connectivity index is 2.16. The molecule has 3 rings (SSSR count). The summed E-state index contributed by atoms with van der Waals surface area (Å²) in [6.45, 7) is -0.139. The number of ether oxygens (including phenoxy) is 1. The zero-order valence-corrected chi connectivity index (χ0v) is 12.4. The fraction of sp³-hybridized carbons (Fsp3) is 0.133. The van der Waals surface area contributed by atoms with Gasteiger partial charge in [0.1, 0.15) is 12.1 Å². The number of anilines is 1. The highest BCUT2D eigenvalue weighted by molar-refractivity contribution is 6.31. The number of aromatic nitrogens is 1. The summed E-state index contributed by atoms with van der Waals surface area (Å²) in [5.41, 5.74) is 0.720. The molecule has 0 fully saturated rings. The molecule has 1 N–H and O–H groups in total. The lowest BCUT2D eigenvalue weighted by atomic mass is 10.2. The third-order valence-electron chi connectivity index (χ3n) is 3.25. The zero-order chi connectivity index (χ0) is 15.7. The Morgan fingerprint density at radius 3 is 3.00 bits per heavy atom. The lowest BCUT2D eigenvalue weighted by molar-refractivity contribution is -0.119. The third kappa shape index (κ3) is 2.48. The molecule has 22 heavy (non-hydrogen) atoms. The predicted molar refractivity (Wildman–Crippen MR) is 81.5 cm³/mol. The molecule has 0 spiro atoms. The third-order valence-corrected chi connectivity index (χ3v) is 3.48. The molecule has 1 aliphatic heterocycles. The second-order valence-electron chi connectivity index (χ2n) is 4.63. The molecule has 1 aromatic heterocycles. The van der Waals surface area contributed by atoms with Crippen LogP contribution in [0.2, 0.25) is 5.02 Å². The van der Waals surface area contributed by atoms with Crippen LogP contribution in [0.5, 0.6) is 11.6 Å². The van der Waals surface area contributed by atoms with Crippen LogP contribution in [-0.4, -0.2) is 30.4 Å². The molecule has 0 saturated heterocycles. The normalized spacial score (nSPS) is 12.8. The zero-order valence-electron chi connectivity index (χ0n) is 11.7. The first-order valence-corrected chi connectivity index (χ1v) is 6.93. The summed E-state index contributed by atoms with van der Waals surface area (Å²) < 4.78 is 5.71. The number of pyridine rings is 1. The van der Waals surface area contributed by atoms with Gasteiger partial charge in [-0.3, -0.25) is 14.5 Å². The van der Waals surface area contributed by atoms with Crippen molar-refractivity contribution in [3.8, 4) is 11.6 Å². The molecule has 2 amide bonds. The van der Waals surface area contributed by atoms with Gasteiger partial charge in [-0.1, -0.05) is 11.6 Å². The van der Waals surface area contributed by atoms with E-state index < -0.39 is 0 Å². The molecule has 6 nitrogen and oxygen atoms in total. The molecule has 112 valence electrons. The van der Waals surface area contributed by atoms with Gasteiger partial charge in [-0.15, -0.1) is 0 Å². The Bertz CT molecular complexity index is 763. The lowest BCUT2D eigenvalue weighted by Gasteiger charge is -2.21. The molecular formula is C15H12ClN3O3. The van der Waals surface area contributed by atoms with Crippen molar-refractivity contribution in [3.63, 3.8) is 0 Å². The number of likely N-dealkylation sites (N-methyl/N-ethyl adjacent to an activating group) is 1. The van der Waals surface area contributed by atoms with E-state index in [9.17, 15) is 9.59 Å². The monoisotopic (exact) mass is 317 g/mol. The average Bonchev–Trinajstić information content (AvgIpc) is 2.64. The molecule has 0 radical (unpaired) electrons. The van der Waals surface area contributed by atoms with Gasteiger partial charge < -0.3 is 10.1 Å². The molecule has 0 aliphatic carbocycles. The molecule has 1 aromatic carbocycles. The highest BCUT2D eigenvalue weighted by Gasteiger charge is 2.30. The van der Waals surface area contributed by atoms with E-state index in [1.807, 2.05) is 0 Å². The summed E-state index contributed by atoms with van der Waals surface area (Å²) in [6.07, 6.45) is 1.54. The number of nitrogens with one attached hydrogen (secondary N) is 1. The van der Waals surface area contributed by atoms with Gasteiger partial charge in [0, 0.05) is 18.3 Å². The topological polar surface area (TPSA) is 71.5 Å². The minimum Gasteiger partial charge on any atom is -0.436 e. The average molecular weight is 318 g/mol. The highest BCUT2D eigenvalue weighted by atomic mass is 35.5. The maximum Gasteiger partial charge on any atom is 0.264 e. The van der Waals surface area contributed by atoms with Crippen molar-refractivity contribution in [2.24, 2.45) is 0 Å². The molecule has 7 heteroatoms. The molecule has 2 aromatic rings. The van der Waals surface area contributed by atoms with Crippen molar-refractivity contribution < 1.29 is 14.3 Å². The van der Waals surface area contributed by atoms with Gasteiger partial charge in [0.05, 0.1) is 5.69 Å². The Morgan fingerprint density at radius 2 is 2.23 bits per heavy atom. The number of amides is 2. The first-order valence-electron chi connectivity index (χ1n) is 6.55. The number of carbonyl (C=O) groups excluding carboxylic acids is 2. The largest absolute Gasteiger partial charge is 0.436 e. The molecular weight excluding hydrogens is 306 g/mol. The first kappa shape index (κ1) is 14.3. The summed E-state index contributed by atoms with van der Waals surface area (Å²) in [4.78, 5) is 29.9. The van der Waals surface area contributed by atoms with Crippen LogP contribution in [0.25, 0.3) is 0 Å². The van der Waals surface area contributed by atoms with Gasteiger partial charge >= 0.3 is 0 Å². The van der Waals surface area contributed by atoms with Crippen molar-refractivity contribution in [2.45, 2.75) is 0 Å². The summed E-state index contributed by atoms with van der Waals surface area (Å²) in [5.74, 6) is -0.0473. The van der Waals surface area contributed by atoms with Gasteiger partial charge in [0.25, 0.3) is 5.91 Å². The quantitative estimate of drug-likeness (QED) is 0.922. The first-order chi connectivity index (χ1) is 10.6. The fourth-order valence-electron chi connectivity index (χ4n) is 2.16. The maximum atomic E-state index is 12.7. The van der Waals surface area contributed by atoms with Crippen molar-refractivity contribution in [1.82, 2.24) is 10.3 Å². The number of hydrogen-bond acceptors (Lipinski definition) is 4. The Kier molecular flexibility index (Phi) is 3.68. The van der Waals surface area contributed by atoms with Gasteiger partial charge in [-0.25, -0.2) is 4.98 Å². The van der Waals surface area contributed by atoms with E-state index in [0.29, 0.717) is 22.0 Å². The number of rotatable bonds is 2. The Morgan fingerprint density at radius 1 is 1.41 bits per heavy atom. The summed E-state index contributed by atoms with van der Waals surface area (Å²) in [5, 5.41) is 2.94. The van der Waals surface area contributed by atoms with Crippen molar-refractivity contribution in [3.05, 3.63) is 47.1 Å². The van der Waals surface area contributed by atoms with Crippen LogP contribution in [0.4, 0.5) is 5.69 Å². The number of carbonyl (C=O) groups is 2. The molecule has 2 heterocycles. The Labute approximate surface area is 131 Å². The number of halogens is 1. The summed E-state index contributed by atoms with van der Waals surface area (Å²) in [6, 6.07) is 8.13. The summed E-state index contributed by atoms with van der Waals surface area (Å²) >= 11 is 6.01. The van der Waals surface area contributed by atoms with Crippen LogP contribution >= 0.6 is 11.6 Å². The second kappa shape index (κ2) is 5.65. The predicted octanol–water partition coefficient (Wildman–Crippen LogP) is 2.23. The Hall–Kier alpha value is -2.60. The molecule has 0 unspecified atom stereocenters. The molecule has 0 atom stereocenters. The van der Waals surface area contributed by atoms with Crippen molar-refractivity contribution >= 4 is 29.1 Å². The highest BCUT2D eigenvalue weighted by Crippen LogP contribution is 2.39. The number of fused-ring (bicyclic) bond motifs is 2. The van der Waals surface area contributed by atoms with E-state index in [4.69, 9.17) is 16.3 Å². The van der Waals surface area contributed by atoms with E-state index in [1.54, 1.807) is 30.3 Å². The minimum atomic E-state index is -0.368. The van der Waals surface area contributed by atoms with Crippen LogP contribution in [0, 0.1) is 0 Å². The van der Waals surface area contributed by atoms with Gasteiger partial charge in [-0.2, -0.15) is 0 Å². The van der Waals surface area contributed by atoms with Gasteiger partial charge in [0.15, 0.2) is 5.75 Å². The van der Waals surface area contributed by atoms with E-state index in [1.165, 1.54) is 18.1 Å². The number of benzene rings is 1. The summed E-state index contributed by atoms with van der Waals surface area (Å²) in [7, 11) is 1.51.